The summed E-state index contributed by atoms with van der Waals surface area (Å²) in [4.78, 5) is 6.88. The fraction of sp³-hybridized carbons (Fsp3) is 0.629. The topological polar surface area (TPSA) is 34.6 Å². The van der Waals surface area contributed by atoms with E-state index in [2.05, 4.69) is 74.7 Å². The van der Waals surface area contributed by atoms with E-state index in [9.17, 15) is 0 Å². The second kappa shape index (κ2) is 8.99. The summed E-state index contributed by atoms with van der Waals surface area (Å²) in [5.41, 5.74) is 7.16. The molecule has 1 aromatic heterocycles. The monoisotopic (exact) mass is 526 g/mol. The van der Waals surface area contributed by atoms with Crippen molar-refractivity contribution in [3.8, 4) is 0 Å². The molecule has 1 aromatic rings. The number of aryl methyl sites for hydroxylation is 1. The Morgan fingerprint density at radius 1 is 1.21 bits per heavy atom. The molecule has 7 rings (SSSR count). The van der Waals surface area contributed by atoms with Crippen LogP contribution in [-0.4, -0.2) is 53.9 Å². The van der Waals surface area contributed by atoms with E-state index in [-0.39, 0.29) is 16.6 Å². The van der Waals surface area contributed by atoms with Crippen LogP contribution in [0.2, 0.25) is 0 Å². The molecule has 2 spiro atoms. The third-order valence-corrected chi connectivity index (χ3v) is 11.8. The molecule has 3 aliphatic carbocycles. The number of pyridine rings is 1. The molecule has 6 atom stereocenters. The van der Waals surface area contributed by atoms with Crippen molar-refractivity contribution in [2.75, 3.05) is 26.8 Å². The molecule has 0 aromatic carbocycles. The molecule has 0 N–H and O–H groups in total. The Morgan fingerprint density at radius 2 is 2.05 bits per heavy atom. The Bertz CT molecular complexity index is 1270. The Morgan fingerprint density at radius 3 is 2.82 bits per heavy atom. The van der Waals surface area contributed by atoms with Gasteiger partial charge in [-0.05, 0) is 111 Å². The Balaban J connectivity index is 1.13. The van der Waals surface area contributed by atoms with Crippen molar-refractivity contribution in [1.82, 2.24) is 9.88 Å². The van der Waals surface area contributed by atoms with Crippen LogP contribution < -0.4 is 0 Å². The van der Waals surface area contributed by atoms with Crippen LogP contribution in [0.25, 0.3) is 6.08 Å². The van der Waals surface area contributed by atoms with Gasteiger partial charge in [0.1, 0.15) is 0 Å². The minimum Gasteiger partial charge on any atom is -0.380 e. The lowest BCUT2D eigenvalue weighted by molar-refractivity contribution is -0.147. The minimum absolute atomic E-state index is 0.0579. The molecule has 0 radical (unpaired) electrons. The highest BCUT2D eigenvalue weighted by Gasteiger charge is 2.66. The first-order chi connectivity index (χ1) is 18.7. The molecule has 4 heterocycles. The van der Waals surface area contributed by atoms with Gasteiger partial charge in [0.2, 0.25) is 0 Å². The SMILES string of the molecule is C=C(/C=C\c1ccncc1C)C1CC[C@H]2[C@@]34CC[C@]5(CC(N(C)CC6(C)COC6)CCC5=CC3=CC[C@]12C)O4. The van der Waals surface area contributed by atoms with Gasteiger partial charge in [0.25, 0.3) is 0 Å². The second-order valence-electron chi connectivity index (χ2n) is 14.5. The van der Waals surface area contributed by atoms with Gasteiger partial charge >= 0.3 is 0 Å². The molecule has 39 heavy (non-hydrogen) atoms. The summed E-state index contributed by atoms with van der Waals surface area (Å²) in [5.74, 6) is 1.05. The van der Waals surface area contributed by atoms with Gasteiger partial charge in [-0.1, -0.05) is 50.3 Å². The molecule has 2 saturated carbocycles. The highest BCUT2D eigenvalue weighted by atomic mass is 16.5. The predicted molar refractivity (Wildman–Crippen MR) is 157 cm³/mol. The second-order valence-corrected chi connectivity index (χ2v) is 14.5. The van der Waals surface area contributed by atoms with Crippen LogP contribution in [0.1, 0.15) is 76.3 Å². The van der Waals surface area contributed by atoms with E-state index >= 15 is 0 Å². The lowest BCUT2D eigenvalue weighted by Gasteiger charge is -2.55. The van der Waals surface area contributed by atoms with Crippen LogP contribution in [-0.2, 0) is 9.47 Å². The summed E-state index contributed by atoms with van der Waals surface area (Å²) < 4.78 is 13.1. The van der Waals surface area contributed by atoms with Gasteiger partial charge in [0.05, 0.1) is 24.4 Å². The van der Waals surface area contributed by atoms with E-state index in [0.717, 1.165) is 32.6 Å². The summed E-state index contributed by atoms with van der Waals surface area (Å²) in [7, 11) is 2.34. The van der Waals surface area contributed by atoms with Gasteiger partial charge in [0, 0.05) is 30.4 Å². The largest absolute Gasteiger partial charge is 0.380 e. The van der Waals surface area contributed by atoms with Gasteiger partial charge in [-0.25, -0.2) is 0 Å². The fourth-order valence-electron chi connectivity index (χ4n) is 9.63. The van der Waals surface area contributed by atoms with Crippen LogP contribution in [0, 0.1) is 29.6 Å². The average Bonchev–Trinajstić information content (AvgIpc) is 3.42. The first kappa shape index (κ1) is 25.9. The molecule has 0 amide bonds. The number of rotatable bonds is 6. The molecule has 2 saturated heterocycles. The van der Waals surface area contributed by atoms with Crippen molar-refractivity contribution in [3.63, 3.8) is 0 Å². The zero-order chi connectivity index (χ0) is 27.0. The van der Waals surface area contributed by atoms with Gasteiger partial charge in [-0.15, -0.1) is 0 Å². The summed E-state index contributed by atoms with van der Waals surface area (Å²) in [6.45, 7) is 14.6. The Kier molecular flexibility index (Phi) is 5.98. The molecule has 4 fully saturated rings. The molecule has 3 aliphatic heterocycles. The Hall–Kier alpha value is -2.01. The maximum absolute atomic E-state index is 7.54. The smallest absolute Gasteiger partial charge is 0.0974 e. The van der Waals surface area contributed by atoms with Gasteiger partial charge < -0.3 is 14.4 Å². The first-order valence-corrected chi connectivity index (χ1v) is 15.3. The third-order valence-electron chi connectivity index (χ3n) is 11.8. The van der Waals surface area contributed by atoms with Crippen molar-refractivity contribution >= 4 is 6.08 Å². The van der Waals surface area contributed by atoms with Gasteiger partial charge in [-0.2, -0.15) is 0 Å². The predicted octanol–water partition coefficient (Wildman–Crippen LogP) is 7.07. The van der Waals surface area contributed by atoms with E-state index in [1.54, 1.807) is 5.57 Å². The van der Waals surface area contributed by atoms with Crippen molar-refractivity contribution in [3.05, 3.63) is 71.1 Å². The van der Waals surface area contributed by atoms with Gasteiger partial charge in [-0.3, -0.25) is 4.98 Å². The quantitative estimate of drug-likeness (QED) is 0.371. The highest BCUT2D eigenvalue weighted by molar-refractivity contribution is 5.56. The van der Waals surface area contributed by atoms with E-state index in [4.69, 9.17) is 9.47 Å². The van der Waals surface area contributed by atoms with Crippen molar-refractivity contribution in [2.45, 2.75) is 89.4 Å². The number of ether oxygens (including phenoxy) is 2. The van der Waals surface area contributed by atoms with E-state index in [1.165, 1.54) is 60.8 Å². The molecule has 2 unspecified atom stereocenters. The molecule has 4 heteroatoms. The molecule has 4 nitrogen and oxygen atoms in total. The minimum atomic E-state index is -0.106. The standard InChI is InChI=1S/C35H46N2O2/c1-24(6-7-26-13-17-36-20-25(26)2)30-10-11-31-33(30,4)14-12-28-18-27-8-9-29(37(5)21-32(3)22-38-23-32)19-34(27)15-16-35(28,31)39-34/h6-7,12-13,17-18,20,29-31H,1,8-11,14-16,19,21-23H2,2-5H3/b7-6-/t29?,30?,31-,33-,34-,35-/m1/s1. The van der Waals surface area contributed by atoms with Crippen molar-refractivity contribution in [1.29, 1.82) is 0 Å². The zero-order valence-corrected chi connectivity index (χ0v) is 24.5. The lowest BCUT2D eigenvalue weighted by atomic mass is 9.58. The number of fused-ring (bicyclic) bond motifs is 1. The molecule has 208 valence electrons. The van der Waals surface area contributed by atoms with Crippen LogP contribution in [0.4, 0.5) is 0 Å². The number of nitrogens with zero attached hydrogens (tertiary/aromatic N) is 2. The summed E-state index contributed by atoms with van der Waals surface area (Å²) in [5, 5.41) is 0. The maximum Gasteiger partial charge on any atom is 0.0974 e. The Labute approximate surface area is 235 Å². The number of hydrogen-bond donors (Lipinski definition) is 0. The average molecular weight is 527 g/mol. The number of allylic oxidation sites excluding steroid dienone is 3. The molecular formula is C35H46N2O2. The van der Waals surface area contributed by atoms with Crippen LogP contribution in [0.5, 0.6) is 0 Å². The number of aromatic nitrogens is 1. The zero-order valence-electron chi connectivity index (χ0n) is 24.5. The van der Waals surface area contributed by atoms with Crippen LogP contribution in [0.15, 0.2) is 60.0 Å². The van der Waals surface area contributed by atoms with E-state index in [0.29, 0.717) is 23.3 Å². The highest BCUT2D eigenvalue weighted by Crippen LogP contribution is 2.68. The van der Waals surface area contributed by atoms with E-state index in [1.807, 2.05) is 12.4 Å². The molecule has 2 bridgehead atoms. The summed E-state index contributed by atoms with van der Waals surface area (Å²) in [6.07, 6.45) is 23.0. The molecule has 6 aliphatic rings. The van der Waals surface area contributed by atoms with Crippen LogP contribution in [0.3, 0.4) is 0 Å². The van der Waals surface area contributed by atoms with E-state index < -0.39 is 0 Å². The summed E-state index contributed by atoms with van der Waals surface area (Å²) in [6, 6.07) is 2.69. The maximum atomic E-state index is 7.54. The summed E-state index contributed by atoms with van der Waals surface area (Å²) >= 11 is 0. The van der Waals surface area contributed by atoms with Crippen molar-refractivity contribution in [2.24, 2.45) is 22.7 Å². The lowest BCUT2D eigenvalue weighted by Crippen LogP contribution is -2.56. The first-order valence-electron chi connectivity index (χ1n) is 15.3. The van der Waals surface area contributed by atoms with Gasteiger partial charge in [0.15, 0.2) is 0 Å². The number of hydrogen-bond acceptors (Lipinski definition) is 4. The van der Waals surface area contributed by atoms with Crippen molar-refractivity contribution < 1.29 is 9.47 Å². The third kappa shape index (κ3) is 3.92. The fourth-order valence-corrected chi connectivity index (χ4v) is 9.63. The normalized spacial score (nSPS) is 40.0. The molecular weight excluding hydrogens is 480 g/mol. The van der Waals surface area contributed by atoms with Crippen LogP contribution >= 0.6 is 0 Å².